The molecule has 2 aromatic rings. The van der Waals surface area contributed by atoms with Gasteiger partial charge in [0, 0.05) is 15.5 Å². The van der Waals surface area contributed by atoms with Crippen molar-refractivity contribution in [3.8, 4) is 16.9 Å². The monoisotopic (exact) mass is 320 g/mol. The quantitative estimate of drug-likeness (QED) is 0.548. The van der Waals surface area contributed by atoms with Crippen molar-refractivity contribution in [3.05, 3.63) is 47.5 Å². The van der Waals surface area contributed by atoms with Crippen LogP contribution in [0.2, 0.25) is 5.02 Å². The highest BCUT2D eigenvalue weighted by atomic mass is 35.5. The summed E-state index contributed by atoms with van der Waals surface area (Å²) >= 11 is 7.89. The van der Waals surface area contributed by atoms with Gasteiger partial charge in [-0.05, 0) is 48.6 Å². The predicted octanol–water partition coefficient (Wildman–Crippen LogP) is 5.09. The van der Waals surface area contributed by atoms with E-state index in [-0.39, 0.29) is 0 Å². The summed E-state index contributed by atoms with van der Waals surface area (Å²) in [5.41, 5.74) is 1.91. The Balaban J connectivity index is 2.36. The molecule has 1 atom stereocenters. The normalized spacial score (nSPS) is 12.0. The van der Waals surface area contributed by atoms with Crippen LogP contribution in [0.4, 0.5) is 0 Å². The highest BCUT2D eigenvalue weighted by molar-refractivity contribution is 7.99. The lowest BCUT2D eigenvalue weighted by Gasteiger charge is -2.14. The zero-order chi connectivity index (χ0) is 15.2. The van der Waals surface area contributed by atoms with Gasteiger partial charge in [0.1, 0.15) is 5.75 Å². The molecule has 0 N–H and O–H groups in total. The summed E-state index contributed by atoms with van der Waals surface area (Å²) in [5.74, 6) is 1.71. The van der Waals surface area contributed by atoms with Gasteiger partial charge in [0.05, 0.1) is 0 Å². The standard InChI is InChI=1S/C17H17ClO2S/c1-3-21-15-7-4-13(5-8-15)16-10-14(18)6-9-17(16)20-12(2)11-19/h4-12H,3H2,1-2H3. The maximum absolute atomic E-state index is 10.8. The van der Waals surface area contributed by atoms with Gasteiger partial charge in [0.25, 0.3) is 0 Å². The number of hydrogen-bond acceptors (Lipinski definition) is 3. The third kappa shape index (κ3) is 4.26. The van der Waals surface area contributed by atoms with E-state index in [1.54, 1.807) is 30.8 Å². The first-order valence-corrected chi connectivity index (χ1v) is 8.15. The Kier molecular flexibility index (Phi) is 5.71. The lowest BCUT2D eigenvalue weighted by Crippen LogP contribution is -2.13. The van der Waals surface area contributed by atoms with Crippen LogP contribution in [0.25, 0.3) is 11.1 Å². The Labute approximate surface area is 134 Å². The fraction of sp³-hybridized carbons (Fsp3) is 0.235. The van der Waals surface area contributed by atoms with Crippen molar-refractivity contribution in [1.29, 1.82) is 0 Å². The van der Waals surface area contributed by atoms with E-state index in [1.165, 1.54) is 4.90 Å². The minimum absolute atomic E-state index is 0.486. The molecule has 0 bridgehead atoms. The fourth-order valence-electron chi connectivity index (χ4n) is 1.96. The van der Waals surface area contributed by atoms with Crippen LogP contribution in [-0.4, -0.2) is 18.1 Å². The van der Waals surface area contributed by atoms with Gasteiger partial charge in [-0.3, -0.25) is 4.79 Å². The van der Waals surface area contributed by atoms with E-state index in [4.69, 9.17) is 16.3 Å². The average molecular weight is 321 g/mol. The summed E-state index contributed by atoms with van der Waals surface area (Å²) in [5, 5.41) is 0.642. The minimum Gasteiger partial charge on any atom is -0.483 e. The Morgan fingerprint density at radius 3 is 2.57 bits per heavy atom. The average Bonchev–Trinajstić information content (AvgIpc) is 2.50. The van der Waals surface area contributed by atoms with Crippen molar-refractivity contribution in [2.75, 3.05) is 5.75 Å². The highest BCUT2D eigenvalue weighted by Gasteiger charge is 2.10. The molecule has 0 radical (unpaired) electrons. The number of benzene rings is 2. The van der Waals surface area contributed by atoms with Gasteiger partial charge in [0.15, 0.2) is 12.4 Å². The van der Waals surface area contributed by atoms with E-state index >= 15 is 0 Å². The molecule has 0 amide bonds. The topological polar surface area (TPSA) is 26.3 Å². The summed E-state index contributed by atoms with van der Waals surface area (Å²) in [6, 6.07) is 13.7. The van der Waals surface area contributed by atoms with Crippen LogP contribution in [0.3, 0.4) is 0 Å². The van der Waals surface area contributed by atoms with Gasteiger partial charge < -0.3 is 4.74 Å². The number of halogens is 1. The number of ether oxygens (including phenoxy) is 1. The SMILES string of the molecule is CCSc1ccc(-c2cc(Cl)ccc2OC(C)C=O)cc1. The van der Waals surface area contributed by atoms with E-state index in [1.807, 2.05) is 18.2 Å². The molecule has 0 fully saturated rings. The van der Waals surface area contributed by atoms with E-state index < -0.39 is 6.10 Å². The molecule has 2 rings (SSSR count). The molecule has 21 heavy (non-hydrogen) atoms. The van der Waals surface area contributed by atoms with Crippen molar-refractivity contribution in [2.24, 2.45) is 0 Å². The number of carbonyl (C=O) groups excluding carboxylic acids is 1. The molecule has 0 spiro atoms. The van der Waals surface area contributed by atoms with Gasteiger partial charge in [-0.15, -0.1) is 11.8 Å². The molecule has 0 aliphatic rings. The second-order valence-electron chi connectivity index (χ2n) is 4.56. The van der Waals surface area contributed by atoms with Crippen LogP contribution < -0.4 is 4.74 Å². The van der Waals surface area contributed by atoms with Crippen molar-refractivity contribution in [1.82, 2.24) is 0 Å². The lowest BCUT2D eigenvalue weighted by atomic mass is 10.0. The first-order valence-electron chi connectivity index (χ1n) is 6.78. The van der Waals surface area contributed by atoms with Crippen LogP contribution in [0.15, 0.2) is 47.4 Å². The van der Waals surface area contributed by atoms with Crippen LogP contribution in [0.1, 0.15) is 13.8 Å². The molecule has 2 aromatic carbocycles. The second kappa shape index (κ2) is 7.53. The Hall–Kier alpha value is -1.45. The smallest absolute Gasteiger partial charge is 0.160 e. The summed E-state index contributed by atoms with van der Waals surface area (Å²) < 4.78 is 5.65. The zero-order valence-electron chi connectivity index (χ0n) is 12.0. The van der Waals surface area contributed by atoms with Crippen LogP contribution in [0.5, 0.6) is 5.75 Å². The van der Waals surface area contributed by atoms with Crippen LogP contribution >= 0.6 is 23.4 Å². The molecule has 0 heterocycles. The van der Waals surface area contributed by atoms with E-state index in [2.05, 4.69) is 19.1 Å². The molecular weight excluding hydrogens is 304 g/mol. The van der Waals surface area contributed by atoms with Crippen molar-refractivity contribution in [3.63, 3.8) is 0 Å². The second-order valence-corrected chi connectivity index (χ2v) is 6.33. The number of rotatable bonds is 6. The minimum atomic E-state index is -0.486. The molecule has 0 saturated carbocycles. The number of thioether (sulfide) groups is 1. The Morgan fingerprint density at radius 2 is 1.95 bits per heavy atom. The van der Waals surface area contributed by atoms with Gasteiger partial charge in [-0.25, -0.2) is 0 Å². The number of aldehydes is 1. The molecule has 2 nitrogen and oxygen atoms in total. The largest absolute Gasteiger partial charge is 0.483 e. The van der Waals surface area contributed by atoms with Gasteiger partial charge in [-0.1, -0.05) is 30.7 Å². The molecule has 110 valence electrons. The van der Waals surface area contributed by atoms with E-state index in [9.17, 15) is 4.79 Å². The first-order chi connectivity index (χ1) is 10.1. The maximum atomic E-state index is 10.8. The number of hydrogen-bond donors (Lipinski definition) is 0. The van der Waals surface area contributed by atoms with Crippen molar-refractivity contribution < 1.29 is 9.53 Å². The molecule has 0 aromatic heterocycles. The third-order valence-corrected chi connectivity index (χ3v) is 4.05. The summed E-state index contributed by atoms with van der Waals surface area (Å²) in [6.07, 6.45) is 0.291. The highest BCUT2D eigenvalue weighted by Crippen LogP contribution is 2.34. The number of carbonyl (C=O) groups is 1. The van der Waals surface area contributed by atoms with Crippen molar-refractivity contribution in [2.45, 2.75) is 24.8 Å². The molecule has 0 saturated heterocycles. The van der Waals surface area contributed by atoms with Crippen LogP contribution in [-0.2, 0) is 4.79 Å². The molecular formula is C17H17ClO2S. The Bertz CT molecular complexity index is 611. The van der Waals surface area contributed by atoms with E-state index in [0.717, 1.165) is 23.2 Å². The van der Waals surface area contributed by atoms with Gasteiger partial charge in [0.2, 0.25) is 0 Å². The predicted molar refractivity (Wildman–Crippen MR) is 89.4 cm³/mol. The fourth-order valence-corrected chi connectivity index (χ4v) is 2.79. The first kappa shape index (κ1) is 15.9. The summed E-state index contributed by atoms with van der Waals surface area (Å²) in [4.78, 5) is 12.0. The molecule has 0 aliphatic heterocycles. The molecule has 4 heteroatoms. The molecule has 0 aliphatic carbocycles. The van der Waals surface area contributed by atoms with Crippen molar-refractivity contribution >= 4 is 29.6 Å². The van der Waals surface area contributed by atoms with Crippen LogP contribution in [0, 0.1) is 0 Å². The van der Waals surface area contributed by atoms with Gasteiger partial charge >= 0.3 is 0 Å². The molecule has 1 unspecified atom stereocenters. The lowest BCUT2D eigenvalue weighted by molar-refractivity contribution is -0.113. The summed E-state index contributed by atoms with van der Waals surface area (Å²) in [7, 11) is 0. The summed E-state index contributed by atoms with van der Waals surface area (Å²) in [6.45, 7) is 3.84. The maximum Gasteiger partial charge on any atom is 0.160 e. The van der Waals surface area contributed by atoms with E-state index in [0.29, 0.717) is 10.8 Å². The zero-order valence-corrected chi connectivity index (χ0v) is 13.6. The Morgan fingerprint density at radius 1 is 1.24 bits per heavy atom. The third-order valence-electron chi connectivity index (χ3n) is 2.92. The van der Waals surface area contributed by atoms with Gasteiger partial charge in [-0.2, -0.15) is 0 Å².